The van der Waals surface area contributed by atoms with Crippen LogP contribution in [-0.2, 0) is 23.7 Å². The number of hydrogen-bond donors (Lipinski definition) is 0. The second-order valence-corrected chi connectivity index (χ2v) is 5.57. The maximum absolute atomic E-state index is 11.8. The lowest BCUT2D eigenvalue weighted by molar-refractivity contribution is 0.0601. The first-order chi connectivity index (χ1) is 11.1. The molecule has 6 nitrogen and oxygen atoms in total. The van der Waals surface area contributed by atoms with Crippen molar-refractivity contribution in [2.75, 3.05) is 7.11 Å². The number of alkyl halides is 1. The predicted molar refractivity (Wildman–Crippen MR) is 87.9 cm³/mol. The Balaban J connectivity index is 2.06. The zero-order chi connectivity index (χ0) is 16.4. The molecule has 0 unspecified atom stereocenters. The van der Waals surface area contributed by atoms with Crippen LogP contribution in [0.2, 0.25) is 5.02 Å². The van der Waals surface area contributed by atoms with E-state index in [1.54, 1.807) is 18.3 Å². The summed E-state index contributed by atoms with van der Waals surface area (Å²) >= 11 is 12.3. The summed E-state index contributed by atoms with van der Waals surface area (Å²) < 4.78 is 8.53. The van der Waals surface area contributed by atoms with Crippen LogP contribution in [0, 0.1) is 0 Å². The van der Waals surface area contributed by atoms with Crippen molar-refractivity contribution < 1.29 is 9.53 Å². The van der Waals surface area contributed by atoms with Crippen LogP contribution < -0.4 is 0 Å². The molecule has 0 saturated heterocycles. The Morgan fingerprint density at radius 1 is 1.35 bits per heavy atom. The molecule has 0 bridgehead atoms. The Morgan fingerprint density at radius 3 is 2.83 bits per heavy atom. The Bertz CT molecular complexity index is 843. The molecule has 0 atom stereocenters. The van der Waals surface area contributed by atoms with E-state index < -0.39 is 5.97 Å². The predicted octanol–water partition coefficient (Wildman–Crippen LogP) is 3.11. The Kier molecular flexibility index (Phi) is 4.54. The van der Waals surface area contributed by atoms with Crippen molar-refractivity contribution in [3.8, 4) is 0 Å². The lowest BCUT2D eigenvalue weighted by atomic mass is 10.2. The van der Waals surface area contributed by atoms with Gasteiger partial charge < -0.3 is 9.30 Å². The van der Waals surface area contributed by atoms with E-state index in [0.717, 1.165) is 5.52 Å². The van der Waals surface area contributed by atoms with Gasteiger partial charge in [0, 0.05) is 18.9 Å². The standard InChI is InChI=1S/C15H14Cl2N4O2/c1-23-15(22)10-7-11(17)14-12(8-10)21(13(9-16)19-14)6-5-20-4-2-3-18-20/h2-4,7-8H,5-6,9H2,1H3. The summed E-state index contributed by atoms with van der Waals surface area (Å²) in [6.07, 6.45) is 3.60. The first-order valence-electron chi connectivity index (χ1n) is 6.94. The fourth-order valence-corrected chi connectivity index (χ4v) is 2.91. The van der Waals surface area contributed by atoms with Gasteiger partial charge in [-0.25, -0.2) is 9.78 Å². The molecule has 0 N–H and O–H groups in total. The number of benzene rings is 1. The molecule has 0 radical (unpaired) electrons. The Hall–Kier alpha value is -2.05. The molecule has 1 aromatic carbocycles. The lowest BCUT2D eigenvalue weighted by Crippen LogP contribution is -2.10. The normalized spacial score (nSPS) is 11.1. The van der Waals surface area contributed by atoms with Gasteiger partial charge in [-0.15, -0.1) is 11.6 Å². The molecule has 8 heteroatoms. The second kappa shape index (κ2) is 6.60. The fraction of sp³-hybridized carbons (Fsp3) is 0.267. The van der Waals surface area contributed by atoms with Gasteiger partial charge in [0.2, 0.25) is 0 Å². The summed E-state index contributed by atoms with van der Waals surface area (Å²) in [5.41, 5.74) is 1.75. The van der Waals surface area contributed by atoms with Crippen LogP contribution in [0.15, 0.2) is 30.6 Å². The molecule has 0 aliphatic rings. The topological polar surface area (TPSA) is 61.9 Å². The molecule has 2 aromatic heterocycles. The molecular formula is C15H14Cl2N4O2. The first-order valence-corrected chi connectivity index (χ1v) is 7.85. The Labute approximate surface area is 142 Å². The number of ether oxygens (including phenoxy) is 1. The van der Waals surface area contributed by atoms with E-state index in [0.29, 0.717) is 35.0 Å². The molecule has 23 heavy (non-hydrogen) atoms. The summed E-state index contributed by atoms with van der Waals surface area (Å²) in [4.78, 5) is 16.3. The van der Waals surface area contributed by atoms with Gasteiger partial charge >= 0.3 is 5.97 Å². The number of fused-ring (bicyclic) bond motifs is 1. The van der Waals surface area contributed by atoms with Crippen LogP contribution >= 0.6 is 23.2 Å². The van der Waals surface area contributed by atoms with Gasteiger partial charge in [0.1, 0.15) is 11.3 Å². The lowest BCUT2D eigenvalue weighted by Gasteiger charge is -2.09. The van der Waals surface area contributed by atoms with Crippen molar-refractivity contribution in [3.63, 3.8) is 0 Å². The molecule has 0 amide bonds. The van der Waals surface area contributed by atoms with E-state index >= 15 is 0 Å². The quantitative estimate of drug-likeness (QED) is 0.522. The van der Waals surface area contributed by atoms with Crippen molar-refractivity contribution in [2.24, 2.45) is 0 Å². The Morgan fingerprint density at radius 2 is 2.17 bits per heavy atom. The summed E-state index contributed by atoms with van der Waals surface area (Å²) in [5.74, 6) is 0.497. The molecule has 3 aromatic rings. The van der Waals surface area contributed by atoms with Crippen molar-refractivity contribution in [1.82, 2.24) is 19.3 Å². The number of nitrogens with zero attached hydrogens (tertiary/aromatic N) is 4. The average molecular weight is 353 g/mol. The minimum atomic E-state index is -0.443. The van der Waals surface area contributed by atoms with Gasteiger partial charge in [0.25, 0.3) is 0 Å². The van der Waals surface area contributed by atoms with E-state index in [1.807, 2.05) is 21.5 Å². The highest BCUT2D eigenvalue weighted by Crippen LogP contribution is 2.27. The van der Waals surface area contributed by atoms with Crippen LogP contribution in [0.5, 0.6) is 0 Å². The summed E-state index contributed by atoms with van der Waals surface area (Å²) in [5, 5.41) is 4.57. The molecule has 0 spiro atoms. The zero-order valence-electron chi connectivity index (χ0n) is 12.4. The van der Waals surface area contributed by atoms with Crippen molar-refractivity contribution in [2.45, 2.75) is 19.0 Å². The van der Waals surface area contributed by atoms with Crippen LogP contribution in [0.4, 0.5) is 0 Å². The minimum absolute atomic E-state index is 0.248. The molecule has 0 aliphatic carbocycles. The number of halogens is 2. The number of methoxy groups -OCH3 is 1. The van der Waals surface area contributed by atoms with E-state index in [4.69, 9.17) is 27.9 Å². The number of imidazole rings is 1. The van der Waals surface area contributed by atoms with E-state index in [1.165, 1.54) is 7.11 Å². The number of rotatable bonds is 5. The highest BCUT2D eigenvalue weighted by atomic mass is 35.5. The highest BCUT2D eigenvalue weighted by molar-refractivity contribution is 6.35. The van der Waals surface area contributed by atoms with Crippen molar-refractivity contribution in [1.29, 1.82) is 0 Å². The number of carbonyl (C=O) groups excluding carboxylic acids is 1. The van der Waals surface area contributed by atoms with Crippen LogP contribution in [0.1, 0.15) is 16.2 Å². The van der Waals surface area contributed by atoms with Crippen LogP contribution in [0.3, 0.4) is 0 Å². The average Bonchev–Trinajstić information content (AvgIpc) is 3.19. The summed E-state index contributed by atoms with van der Waals surface area (Å²) in [6.45, 7) is 1.27. The summed E-state index contributed by atoms with van der Waals surface area (Å²) in [6, 6.07) is 5.14. The van der Waals surface area contributed by atoms with Gasteiger partial charge in [-0.1, -0.05) is 11.6 Å². The summed E-state index contributed by atoms with van der Waals surface area (Å²) in [7, 11) is 1.33. The van der Waals surface area contributed by atoms with Crippen molar-refractivity contribution >= 4 is 40.2 Å². The second-order valence-electron chi connectivity index (χ2n) is 4.90. The number of carbonyl (C=O) groups is 1. The monoisotopic (exact) mass is 352 g/mol. The van der Waals surface area contributed by atoms with E-state index in [9.17, 15) is 4.79 Å². The molecule has 120 valence electrons. The van der Waals surface area contributed by atoms with Crippen LogP contribution in [-0.4, -0.2) is 32.4 Å². The van der Waals surface area contributed by atoms with Gasteiger partial charge in [0.15, 0.2) is 0 Å². The van der Waals surface area contributed by atoms with E-state index in [-0.39, 0.29) is 5.88 Å². The first kappa shape index (κ1) is 15.8. The van der Waals surface area contributed by atoms with Crippen molar-refractivity contribution in [3.05, 3.63) is 47.0 Å². The van der Waals surface area contributed by atoms with Gasteiger partial charge in [-0.05, 0) is 18.2 Å². The molecule has 0 fully saturated rings. The van der Waals surface area contributed by atoms with Gasteiger partial charge in [0.05, 0.1) is 35.6 Å². The molecule has 0 saturated carbocycles. The van der Waals surface area contributed by atoms with Crippen LogP contribution in [0.25, 0.3) is 11.0 Å². The maximum atomic E-state index is 11.8. The minimum Gasteiger partial charge on any atom is -0.465 e. The molecule has 2 heterocycles. The molecule has 3 rings (SSSR count). The third-order valence-electron chi connectivity index (χ3n) is 3.54. The third kappa shape index (κ3) is 3.04. The zero-order valence-corrected chi connectivity index (χ0v) is 13.9. The number of aromatic nitrogens is 4. The third-order valence-corrected chi connectivity index (χ3v) is 4.07. The number of hydrogen-bond acceptors (Lipinski definition) is 4. The SMILES string of the molecule is COC(=O)c1cc(Cl)c2nc(CCl)n(CCn3cccn3)c2c1. The molecule has 0 aliphatic heterocycles. The fourth-order valence-electron chi connectivity index (χ4n) is 2.45. The highest BCUT2D eigenvalue weighted by Gasteiger charge is 2.17. The smallest absolute Gasteiger partial charge is 0.337 e. The van der Waals surface area contributed by atoms with Gasteiger partial charge in [-0.2, -0.15) is 5.10 Å². The van der Waals surface area contributed by atoms with Gasteiger partial charge in [-0.3, -0.25) is 4.68 Å². The largest absolute Gasteiger partial charge is 0.465 e. The number of esters is 1. The number of aryl methyl sites for hydroxylation is 2. The molecular weight excluding hydrogens is 339 g/mol. The van der Waals surface area contributed by atoms with E-state index in [2.05, 4.69) is 10.1 Å². The maximum Gasteiger partial charge on any atom is 0.337 e.